The quantitative estimate of drug-likeness (QED) is 0.741. The molecule has 13 heavy (non-hydrogen) atoms. The summed E-state index contributed by atoms with van der Waals surface area (Å²) in [4.78, 5) is 10.9. The molecule has 0 aliphatic carbocycles. The molecule has 1 rings (SSSR count). The first-order valence-electron chi connectivity index (χ1n) is 4.58. The van der Waals surface area contributed by atoms with Gasteiger partial charge in [0.25, 0.3) is 0 Å². The Morgan fingerprint density at radius 2 is 1.92 bits per heavy atom. The second-order valence-corrected chi connectivity index (χ2v) is 3.08. The minimum atomic E-state index is 0.149. The van der Waals surface area contributed by atoms with Gasteiger partial charge >= 0.3 is 0 Å². The molecule has 0 saturated carbocycles. The number of aryl methyl sites for hydroxylation is 1. The standard InChI is InChI=1S/C11H15NO/c12-9-11(13)8-4-7-10-5-2-1-3-6-10/h1-3,5-6H,4,7-9,12H2. The fourth-order valence-corrected chi connectivity index (χ4v) is 1.24. The Kier molecular flexibility index (Phi) is 4.19. The Balaban J connectivity index is 2.24. The second-order valence-electron chi connectivity index (χ2n) is 3.08. The van der Waals surface area contributed by atoms with Crippen LogP contribution in [-0.4, -0.2) is 12.3 Å². The van der Waals surface area contributed by atoms with Gasteiger partial charge in [-0.2, -0.15) is 0 Å². The van der Waals surface area contributed by atoms with E-state index in [1.807, 2.05) is 18.2 Å². The van der Waals surface area contributed by atoms with E-state index in [2.05, 4.69) is 12.1 Å². The maximum Gasteiger partial charge on any atom is 0.146 e. The van der Waals surface area contributed by atoms with Gasteiger partial charge in [0.15, 0.2) is 0 Å². The summed E-state index contributed by atoms with van der Waals surface area (Å²) >= 11 is 0. The van der Waals surface area contributed by atoms with Gasteiger partial charge in [-0.3, -0.25) is 4.79 Å². The number of hydrogen-bond donors (Lipinski definition) is 1. The van der Waals surface area contributed by atoms with Crippen LogP contribution in [0.5, 0.6) is 0 Å². The monoisotopic (exact) mass is 177 g/mol. The van der Waals surface area contributed by atoms with E-state index in [9.17, 15) is 4.79 Å². The number of Topliss-reactive ketones (excluding diaryl/α,β-unsaturated/α-hetero) is 1. The third-order valence-corrected chi connectivity index (χ3v) is 1.99. The minimum Gasteiger partial charge on any atom is -0.324 e. The Bertz CT molecular complexity index is 256. The Labute approximate surface area is 78.8 Å². The van der Waals surface area contributed by atoms with Crippen LogP contribution in [-0.2, 0) is 11.2 Å². The van der Waals surface area contributed by atoms with E-state index in [0.29, 0.717) is 6.42 Å². The van der Waals surface area contributed by atoms with Gasteiger partial charge < -0.3 is 5.73 Å². The summed E-state index contributed by atoms with van der Waals surface area (Å²) in [5.74, 6) is 0.149. The molecule has 2 N–H and O–H groups in total. The number of carbonyl (C=O) groups excluding carboxylic acids is 1. The Morgan fingerprint density at radius 1 is 1.23 bits per heavy atom. The predicted molar refractivity (Wildman–Crippen MR) is 53.4 cm³/mol. The van der Waals surface area contributed by atoms with E-state index in [1.54, 1.807) is 0 Å². The molecule has 2 nitrogen and oxygen atoms in total. The molecule has 1 aromatic rings. The molecule has 2 heteroatoms. The highest BCUT2D eigenvalue weighted by molar-refractivity contribution is 5.80. The highest BCUT2D eigenvalue weighted by atomic mass is 16.1. The number of hydrogen-bond acceptors (Lipinski definition) is 2. The second kappa shape index (κ2) is 5.49. The van der Waals surface area contributed by atoms with E-state index in [0.717, 1.165) is 12.8 Å². The van der Waals surface area contributed by atoms with Crippen molar-refractivity contribution in [3.63, 3.8) is 0 Å². The van der Waals surface area contributed by atoms with Crippen LogP contribution in [0.1, 0.15) is 18.4 Å². The van der Waals surface area contributed by atoms with E-state index in [-0.39, 0.29) is 12.3 Å². The summed E-state index contributed by atoms with van der Waals surface area (Å²) in [5, 5.41) is 0. The molecule has 0 radical (unpaired) electrons. The number of rotatable bonds is 5. The first-order valence-corrected chi connectivity index (χ1v) is 4.58. The van der Waals surface area contributed by atoms with Crippen LogP contribution in [0.3, 0.4) is 0 Å². The zero-order chi connectivity index (χ0) is 9.52. The lowest BCUT2D eigenvalue weighted by Gasteiger charge is -1.99. The summed E-state index contributed by atoms with van der Waals surface area (Å²) in [5.41, 5.74) is 6.49. The fraction of sp³-hybridized carbons (Fsp3) is 0.364. The van der Waals surface area contributed by atoms with Gasteiger partial charge in [-0.05, 0) is 18.4 Å². The normalized spacial score (nSPS) is 9.92. The maximum absolute atomic E-state index is 10.9. The van der Waals surface area contributed by atoms with Crippen LogP contribution in [0.2, 0.25) is 0 Å². The summed E-state index contributed by atoms with van der Waals surface area (Å²) in [7, 11) is 0. The molecule has 0 fully saturated rings. The van der Waals surface area contributed by atoms with Crippen molar-refractivity contribution in [3.8, 4) is 0 Å². The molecular formula is C11H15NO. The van der Waals surface area contributed by atoms with E-state index < -0.39 is 0 Å². The fourth-order valence-electron chi connectivity index (χ4n) is 1.24. The summed E-state index contributed by atoms with van der Waals surface area (Å²) in [6, 6.07) is 10.2. The first-order chi connectivity index (χ1) is 6.33. The number of nitrogens with two attached hydrogens (primary N) is 1. The predicted octanol–water partition coefficient (Wildman–Crippen LogP) is 1.54. The third kappa shape index (κ3) is 3.85. The molecule has 0 heterocycles. The van der Waals surface area contributed by atoms with Gasteiger partial charge in [-0.15, -0.1) is 0 Å². The molecule has 1 aromatic carbocycles. The molecule has 0 bridgehead atoms. The molecule has 70 valence electrons. The van der Waals surface area contributed by atoms with Crippen LogP contribution in [0.4, 0.5) is 0 Å². The van der Waals surface area contributed by atoms with Crippen molar-refractivity contribution < 1.29 is 4.79 Å². The van der Waals surface area contributed by atoms with Crippen molar-refractivity contribution >= 4 is 5.78 Å². The van der Waals surface area contributed by atoms with Crippen LogP contribution >= 0.6 is 0 Å². The van der Waals surface area contributed by atoms with Crippen molar-refractivity contribution in [2.45, 2.75) is 19.3 Å². The number of ketones is 1. The van der Waals surface area contributed by atoms with Crippen LogP contribution in [0, 0.1) is 0 Å². The average molecular weight is 177 g/mol. The lowest BCUT2D eigenvalue weighted by molar-refractivity contribution is -0.117. The topological polar surface area (TPSA) is 43.1 Å². The molecule has 0 unspecified atom stereocenters. The zero-order valence-corrected chi connectivity index (χ0v) is 7.70. The van der Waals surface area contributed by atoms with Crippen LogP contribution in [0.25, 0.3) is 0 Å². The minimum absolute atomic E-state index is 0.149. The lowest BCUT2D eigenvalue weighted by atomic mass is 10.1. The third-order valence-electron chi connectivity index (χ3n) is 1.99. The van der Waals surface area contributed by atoms with E-state index >= 15 is 0 Å². The Morgan fingerprint density at radius 3 is 2.54 bits per heavy atom. The van der Waals surface area contributed by atoms with Crippen LogP contribution < -0.4 is 5.73 Å². The van der Waals surface area contributed by atoms with Crippen molar-refractivity contribution in [2.24, 2.45) is 5.73 Å². The molecule has 0 saturated heterocycles. The average Bonchev–Trinajstić information content (AvgIpc) is 2.19. The van der Waals surface area contributed by atoms with Crippen molar-refractivity contribution in [3.05, 3.63) is 35.9 Å². The van der Waals surface area contributed by atoms with Gasteiger partial charge in [0.2, 0.25) is 0 Å². The summed E-state index contributed by atoms with van der Waals surface area (Å²) in [6.45, 7) is 0.175. The largest absolute Gasteiger partial charge is 0.324 e. The summed E-state index contributed by atoms with van der Waals surface area (Å²) in [6.07, 6.45) is 2.47. The van der Waals surface area contributed by atoms with Gasteiger partial charge in [-0.1, -0.05) is 30.3 Å². The molecule has 0 aliphatic rings. The smallest absolute Gasteiger partial charge is 0.146 e. The molecule has 0 aromatic heterocycles. The summed E-state index contributed by atoms with van der Waals surface area (Å²) < 4.78 is 0. The first kappa shape index (κ1) is 9.93. The number of carbonyl (C=O) groups is 1. The van der Waals surface area contributed by atoms with Crippen molar-refractivity contribution in [2.75, 3.05) is 6.54 Å². The Hall–Kier alpha value is -1.15. The number of benzene rings is 1. The van der Waals surface area contributed by atoms with E-state index in [4.69, 9.17) is 5.73 Å². The highest BCUT2D eigenvalue weighted by Crippen LogP contribution is 2.04. The molecule has 0 atom stereocenters. The zero-order valence-electron chi connectivity index (χ0n) is 7.70. The molecular weight excluding hydrogens is 162 g/mol. The molecule has 0 aliphatic heterocycles. The van der Waals surface area contributed by atoms with Gasteiger partial charge in [0, 0.05) is 6.42 Å². The molecule has 0 amide bonds. The van der Waals surface area contributed by atoms with Gasteiger partial charge in [-0.25, -0.2) is 0 Å². The van der Waals surface area contributed by atoms with Crippen LogP contribution in [0.15, 0.2) is 30.3 Å². The van der Waals surface area contributed by atoms with E-state index in [1.165, 1.54) is 5.56 Å². The van der Waals surface area contributed by atoms with Gasteiger partial charge in [0.05, 0.1) is 6.54 Å². The highest BCUT2D eigenvalue weighted by Gasteiger charge is 1.98. The maximum atomic E-state index is 10.9. The van der Waals surface area contributed by atoms with Crippen molar-refractivity contribution in [1.29, 1.82) is 0 Å². The lowest BCUT2D eigenvalue weighted by Crippen LogP contribution is -2.12. The molecule has 0 spiro atoms. The van der Waals surface area contributed by atoms with Gasteiger partial charge in [0.1, 0.15) is 5.78 Å². The van der Waals surface area contributed by atoms with Crippen molar-refractivity contribution in [1.82, 2.24) is 0 Å². The SMILES string of the molecule is NCC(=O)CCCc1ccccc1.